The van der Waals surface area contributed by atoms with Crippen molar-refractivity contribution in [2.45, 2.75) is 39.3 Å². The third kappa shape index (κ3) is 7.75. The van der Waals surface area contributed by atoms with Gasteiger partial charge in [-0.25, -0.2) is 0 Å². The molecule has 7 heteroatoms. The van der Waals surface area contributed by atoms with E-state index in [-0.39, 0.29) is 5.91 Å². The lowest BCUT2D eigenvalue weighted by Gasteiger charge is -2.30. The monoisotopic (exact) mass is 425 g/mol. The molecule has 0 atom stereocenters. The van der Waals surface area contributed by atoms with Crippen molar-refractivity contribution in [3.05, 3.63) is 59.5 Å². The second-order valence-electron chi connectivity index (χ2n) is 8.19. The summed E-state index contributed by atoms with van der Waals surface area (Å²) in [4.78, 5) is 19.3. The van der Waals surface area contributed by atoms with Crippen molar-refractivity contribution in [1.29, 1.82) is 0 Å². The SMILES string of the molecule is CN=C(NCCCN1CCC(C)CC1)NCc1cccc(C(=O)NCc2ccco2)c1. The van der Waals surface area contributed by atoms with Crippen LogP contribution in [0.3, 0.4) is 0 Å². The average Bonchev–Trinajstić information content (AvgIpc) is 3.32. The van der Waals surface area contributed by atoms with Crippen LogP contribution in [0.5, 0.6) is 0 Å². The molecule has 2 aromatic rings. The van der Waals surface area contributed by atoms with E-state index >= 15 is 0 Å². The molecule has 168 valence electrons. The van der Waals surface area contributed by atoms with Gasteiger partial charge in [-0.05, 0) is 74.6 Å². The van der Waals surface area contributed by atoms with Gasteiger partial charge in [0.25, 0.3) is 5.91 Å². The minimum Gasteiger partial charge on any atom is -0.467 e. The number of hydrogen-bond donors (Lipinski definition) is 3. The fourth-order valence-corrected chi connectivity index (χ4v) is 3.71. The highest BCUT2D eigenvalue weighted by atomic mass is 16.3. The first-order valence-electron chi connectivity index (χ1n) is 11.2. The summed E-state index contributed by atoms with van der Waals surface area (Å²) in [6.45, 7) is 7.79. The Labute approximate surface area is 185 Å². The second kappa shape index (κ2) is 12.2. The number of nitrogens with one attached hydrogen (secondary N) is 3. The summed E-state index contributed by atoms with van der Waals surface area (Å²) in [5, 5.41) is 9.59. The molecule has 3 N–H and O–H groups in total. The number of rotatable bonds is 9. The van der Waals surface area contributed by atoms with Gasteiger partial charge in [-0.1, -0.05) is 19.1 Å². The molecule has 0 unspecified atom stereocenters. The highest BCUT2D eigenvalue weighted by molar-refractivity contribution is 5.94. The first-order chi connectivity index (χ1) is 15.1. The molecule has 7 nitrogen and oxygen atoms in total. The van der Waals surface area contributed by atoms with E-state index in [1.165, 1.54) is 25.9 Å². The zero-order valence-electron chi connectivity index (χ0n) is 18.7. The Morgan fingerprint density at radius 3 is 2.71 bits per heavy atom. The van der Waals surface area contributed by atoms with Crippen LogP contribution in [-0.2, 0) is 13.1 Å². The Kier molecular flexibility index (Phi) is 8.97. The smallest absolute Gasteiger partial charge is 0.251 e. The summed E-state index contributed by atoms with van der Waals surface area (Å²) in [6, 6.07) is 11.3. The molecule has 1 aromatic carbocycles. The Morgan fingerprint density at radius 2 is 1.97 bits per heavy atom. The molecule has 1 aliphatic heterocycles. The second-order valence-corrected chi connectivity index (χ2v) is 8.19. The van der Waals surface area contributed by atoms with E-state index in [2.05, 4.69) is 32.8 Å². The molecule has 0 radical (unpaired) electrons. The maximum Gasteiger partial charge on any atom is 0.251 e. The van der Waals surface area contributed by atoms with Gasteiger partial charge in [0.15, 0.2) is 5.96 Å². The summed E-state index contributed by atoms with van der Waals surface area (Å²) < 4.78 is 5.25. The molecule has 0 saturated carbocycles. The normalized spacial score (nSPS) is 15.6. The van der Waals surface area contributed by atoms with E-state index in [1.54, 1.807) is 13.3 Å². The lowest BCUT2D eigenvalue weighted by atomic mass is 9.99. The number of piperidine rings is 1. The quantitative estimate of drug-likeness (QED) is 0.327. The highest BCUT2D eigenvalue weighted by Crippen LogP contribution is 2.15. The number of aliphatic imine (C=N–C) groups is 1. The number of carbonyl (C=O) groups is 1. The standard InChI is InChI=1S/C24H35N5O2/c1-19-9-13-29(14-10-19)12-5-11-26-24(25-2)28-17-20-6-3-7-21(16-20)23(30)27-18-22-8-4-15-31-22/h3-4,6-8,15-16,19H,5,9-14,17-18H2,1-2H3,(H,27,30)(H2,25,26,28). The van der Waals surface area contributed by atoms with Crippen LogP contribution in [0.4, 0.5) is 0 Å². The fourth-order valence-electron chi connectivity index (χ4n) is 3.71. The van der Waals surface area contributed by atoms with Gasteiger partial charge < -0.3 is 25.3 Å². The molecular formula is C24H35N5O2. The summed E-state index contributed by atoms with van der Waals surface area (Å²) >= 11 is 0. The Morgan fingerprint density at radius 1 is 1.13 bits per heavy atom. The minimum absolute atomic E-state index is 0.118. The van der Waals surface area contributed by atoms with E-state index in [9.17, 15) is 4.79 Å². The van der Waals surface area contributed by atoms with Gasteiger partial charge in [0.2, 0.25) is 0 Å². The third-order valence-electron chi connectivity index (χ3n) is 5.70. The molecule has 1 fully saturated rings. The maximum atomic E-state index is 12.4. The number of amides is 1. The molecule has 1 aliphatic rings. The van der Waals surface area contributed by atoms with Crippen LogP contribution in [-0.4, -0.2) is 50.0 Å². The van der Waals surface area contributed by atoms with E-state index in [4.69, 9.17) is 4.42 Å². The molecule has 31 heavy (non-hydrogen) atoms. The molecule has 1 saturated heterocycles. The predicted octanol–water partition coefficient (Wildman–Crippen LogP) is 3.00. The van der Waals surface area contributed by atoms with Gasteiger partial charge in [-0.15, -0.1) is 0 Å². The Bertz CT molecular complexity index is 826. The zero-order chi connectivity index (χ0) is 21.9. The van der Waals surface area contributed by atoms with E-state index < -0.39 is 0 Å². The number of furan rings is 1. The van der Waals surface area contributed by atoms with Crippen molar-refractivity contribution in [2.24, 2.45) is 10.9 Å². The average molecular weight is 426 g/mol. The molecular weight excluding hydrogens is 390 g/mol. The molecule has 1 aromatic heterocycles. The van der Waals surface area contributed by atoms with Gasteiger partial charge in [0.05, 0.1) is 12.8 Å². The first-order valence-corrected chi connectivity index (χ1v) is 11.2. The number of benzene rings is 1. The molecule has 0 spiro atoms. The van der Waals surface area contributed by atoms with Gasteiger partial charge >= 0.3 is 0 Å². The van der Waals surface area contributed by atoms with Crippen LogP contribution >= 0.6 is 0 Å². The molecule has 2 heterocycles. The van der Waals surface area contributed by atoms with Crippen LogP contribution < -0.4 is 16.0 Å². The zero-order valence-corrected chi connectivity index (χ0v) is 18.7. The lowest BCUT2D eigenvalue weighted by molar-refractivity contribution is 0.0948. The molecule has 3 rings (SSSR count). The van der Waals surface area contributed by atoms with E-state index in [1.807, 2.05) is 36.4 Å². The van der Waals surface area contributed by atoms with Crippen LogP contribution in [0.2, 0.25) is 0 Å². The minimum atomic E-state index is -0.118. The van der Waals surface area contributed by atoms with Crippen molar-refractivity contribution >= 4 is 11.9 Å². The number of nitrogens with zero attached hydrogens (tertiary/aromatic N) is 2. The third-order valence-corrected chi connectivity index (χ3v) is 5.70. The summed E-state index contributed by atoms with van der Waals surface area (Å²) in [5.74, 6) is 2.27. The number of guanidine groups is 1. The number of carbonyl (C=O) groups excluding carboxylic acids is 1. The van der Waals surface area contributed by atoms with Crippen LogP contribution in [0.1, 0.15) is 47.9 Å². The molecule has 1 amide bonds. The van der Waals surface area contributed by atoms with E-state index in [0.29, 0.717) is 18.7 Å². The summed E-state index contributed by atoms with van der Waals surface area (Å²) in [7, 11) is 1.78. The molecule has 0 aliphatic carbocycles. The molecule has 0 bridgehead atoms. The van der Waals surface area contributed by atoms with Crippen LogP contribution in [0.15, 0.2) is 52.1 Å². The topological polar surface area (TPSA) is 81.9 Å². The number of likely N-dealkylation sites (tertiary alicyclic amines) is 1. The van der Waals surface area contributed by atoms with Crippen molar-refractivity contribution in [1.82, 2.24) is 20.9 Å². The largest absolute Gasteiger partial charge is 0.467 e. The van der Waals surface area contributed by atoms with Crippen molar-refractivity contribution in [3.8, 4) is 0 Å². The van der Waals surface area contributed by atoms with Crippen molar-refractivity contribution in [3.63, 3.8) is 0 Å². The fraction of sp³-hybridized carbons (Fsp3) is 0.500. The van der Waals surface area contributed by atoms with Gasteiger partial charge in [0.1, 0.15) is 5.76 Å². The predicted molar refractivity (Wildman–Crippen MR) is 124 cm³/mol. The summed E-state index contributed by atoms with van der Waals surface area (Å²) in [6.07, 6.45) is 5.33. The van der Waals surface area contributed by atoms with Gasteiger partial charge in [0, 0.05) is 25.7 Å². The van der Waals surface area contributed by atoms with Gasteiger partial charge in [-0.2, -0.15) is 0 Å². The summed E-state index contributed by atoms with van der Waals surface area (Å²) in [5.41, 5.74) is 1.65. The highest BCUT2D eigenvalue weighted by Gasteiger charge is 2.14. The lowest BCUT2D eigenvalue weighted by Crippen LogP contribution is -2.39. The van der Waals surface area contributed by atoms with Crippen LogP contribution in [0, 0.1) is 5.92 Å². The maximum absolute atomic E-state index is 12.4. The first kappa shape index (κ1) is 22.9. The van der Waals surface area contributed by atoms with Crippen molar-refractivity contribution in [2.75, 3.05) is 33.2 Å². The Balaban J connectivity index is 1.37. The van der Waals surface area contributed by atoms with Crippen molar-refractivity contribution < 1.29 is 9.21 Å². The van der Waals surface area contributed by atoms with E-state index in [0.717, 1.165) is 42.7 Å². The Hall–Kier alpha value is -2.80. The van der Waals surface area contributed by atoms with Crippen LogP contribution in [0.25, 0.3) is 0 Å². The number of hydrogen-bond acceptors (Lipinski definition) is 4. The van der Waals surface area contributed by atoms with Gasteiger partial charge in [-0.3, -0.25) is 9.79 Å².